The molecule has 0 aliphatic rings. The third kappa shape index (κ3) is 4.23. The molecule has 5 nitrogen and oxygen atoms in total. The first-order chi connectivity index (χ1) is 9.89. The zero-order chi connectivity index (χ0) is 15.5. The summed E-state index contributed by atoms with van der Waals surface area (Å²) in [6.45, 7) is 4.18. The highest BCUT2D eigenvalue weighted by molar-refractivity contribution is 7.88. The molecule has 0 saturated heterocycles. The van der Waals surface area contributed by atoms with Crippen LogP contribution in [0, 0.1) is 5.92 Å². The van der Waals surface area contributed by atoms with E-state index in [0.29, 0.717) is 5.56 Å². The molecule has 114 valence electrons. The second kappa shape index (κ2) is 6.51. The van der Waals surface area contributed by atoms with Gasteiger partial charge in [-0.05, 0) is 17.5 Å². The molecule has 0 spiro atoms. The van der Waals surface area contributed by atoms with Crippen LogP contribution >= 0.6 is 0 Å². The van der Waals surface area contributed by atoms with Crippen molar-refractivity contribution in [1.29, 1.82) is 0 Å². The predicted molar refractivity (Wildman–Crippen MR) is 85.2 cm³/mol. The van der Waals surface area contributed by atoms with Crippen molar-refractivity contribution >= 4 is 20.9 Å². The third-order valence-corrected chi connectivity index (χ3v) is 4.75. The standard InChI is InChI=1S/C15H21N3O2S/c1-11(2)14(16)9-18-21(19,20)10-13-6-3-5-12-7-4-8-17-15(12)13/h3-8,11,14,18H,9-10,16H2,1-2H3/t14-/m0/s1. The predicted octanol–water partition coefficient (Wildman–Crippen LogP) is 1.64. The molecule has 0 amide bonds. The number of fused-ring (bicyclic) bond motifs is 1. The Morgan fingerprint density at radius 1 is 1.24 bits per heavy atom. The number of nitrogens with two attached hydrogens (primary N) is 1. The van der Waals surface area contributed by atoms with Crippen molar-refractivity contribution in [2.75, 3.05) is 6.54 Å². The Balaban J connectivity index is 2.15. The van der Waals surface area contributed by atoms with Crippen molar-refractivity contribution in [3.8, 4) is 0 Å². The molecule has 1 aromatic carbocycles. The van der Waals surface area contributed by atoms with Gasteiger partial charge in [0, 0.05) is 24.2 Å². The molecule has 0 fully saturated rings. The second-order valence-corrected chi connectivity index (χ2v) is 7.31. The van der Waals surface area contributed by atoms with Crippen molar-refractivity contribution in [1.82, 2.24) is 9.71 Å². The number of benzene rings is 1. The Bertz CT molecular complexity index is 708. The lowest BCUT2D eigenvalue weighted by atomic mass is 10.1. The number of nitrogens with zero attached hydrogens (tertiary/aromatic N) is 1. The Morgan fingerprint density at radius 2 is 1.95 bits per heavy atom. The van der Waals surface area contributed by atoms with E-state index in [4.69, 9.17) is 5.73 Å². The van der Waals surface area contributed by atoms with Gasteiger partial charge in [0.2, 0.25) is 10.0 Å². The Labute approximate surface area is 125 Å². The lowest BCUT2D eigenvalue weighted by molar-refractivity contribution is 0.481. The van der Waals surface area contributed by atoms with Crippen molar-refractivity contribution in [2.24, 2.45) is 11.7 Å². The first-order valence-electron chi connectivity index (χ1n) is 6.94. The van der Waals surface area contributed by atoms with Gasteiger partial charge in [-0.1, -0.05) is 38.1 Å². The molecule has 21 heavy (non-hydrogen) atoms. The molecule has 0 saturated carbocycles. The number of pyridine rings is 1. The van der Waals surface area contributed by atoms with Gasteiger partial charge < -0.3 is 5.73 Å². The fourth-order valence-corrected chi connectivity index (χ4v) is 3.19. The molecule has 1 heterocycles. The summed E-state index contributed by atoms with van der Waals surface area (Å²) in [6.07, 6.45) is 1.67. The van der Waals surface area contributed by atoms with Gasteiger partial charge in [0.25, 0.3) is 0 Å². The normalized spacial score (nSPS) is 13.7. The van der Waals surface area contributed by atoms with E-state index in [2.05, 4.69) is 9.71 Å². The number of nitrogens with one attached hydrogen (secondary N) is 1. The van der Waals surface area contributed by atoms with E-state index in [0.717, 1.165) is 10.9 Å². The number of hydrogen-bond acceptors (Lipinski definition) is 4. The number of para-hydroxylation sites is 1. The van der Waals surface area contributed by atoms with Crippen LogP contribution in [0.5, 0.6) is 0 Å². The van der Waals surface area contributed by atoms with Gasteiger partial charge in [-0.3, -0.25) is 4.98 Å². The average molecular weight is 307 g/mol. The highest BCUT2D eigenvalue weighted by Crippen LogP contribution is 2.17. The summed E-state index contributed by atoms with van der Waals surface area (Å²) in [6, 6.07) is 9.11. The fourth-order valence-electron chi connectivity index (χ4n) is 2.00. The van der Waals surface area contributed by atoms with E-state index < -0.39 is 10.0 Å². The zero-order valence-electron chi connectivity index (χ0n) is 12.3. The largest absolute Gasteiger partial charge is 0.326 e. The van der Waals surface area contributed by atoms with Crippen LogP contribution < -0.4 is 10.5 Å². The molecule has 2 aromatic rings. The topological polar surface area (TPSA) is 85.1 Å². The zero-order valence-corrected chi connectivity index (χ0v) is 13.1. The second-order valence-electron chi connectivity index (χ2n) is 5.51. The molecule has 0 aliphatic carbocycles. The number of sulfonamides is 1. The maximum absolute atomic E-state index is 12.2. The van der Waals surface area contributed by atoms with E-state index in [1.807, 2.05) is 38.1 Å². The van der Waals surface area contributed by atoms with Crippen LogP contribution in [0.2, 0.25) is 0 Å². The van der Waals surface area contributed by atoms with Crippen LogP contribution in [0.1, 0.15) is 19.4 Å². The Hall–Kier alpha value is -1.50. The van der Waals surface area contributed by atoms with Gasteiger partial charge in [-0.15, -0.1) is 0 Å². The molecule has 6 heteroatoms. The van der Waals surface area contributed by atoms with Gasteiger partial charge in [-0.25, -0.2) is 13.1 Å². The Kier molecular flexibility index (Phi) is 4.92. The van der Waals surface area contributed by atoms with E-state index in [1.54, 1.807) is 12.3 Å². The van der Waals surface area contributed by atoms with Crippen LogP contribution in [0.3, 0.4) is 0 Å². The third-order valence-electron chi connectivity index (χ3n) is 3.46. The first-order valence-corrected chi connectivity index (χ1v) is 8.60. The van der Waals surface area contributed by atoms with Crippen molar-refractivity contribution in [2.45, 2.75) is 25.6 Å². The van der Waals surface area contributed by atoms with Crippen molar-refractivity contribution in [3.63, 3.8) is 0 Å². The van der Waals surface area contributed by atoms with Crippen LogP contribution in [-0.4, -0.2) is 26.0 Å². The summed E-state index contributed by atoms with van der Waals surface area (Å²) in [4.78, 5) is 4.27. The first kappa shape index (κ1) is 15.9. The van der Waals surface area contributed by atoms with Gasteiger partial charge >= 0.3 is 0 Å². The number of rotatable bonds is 6. The molecular formula is C15H21N3O2S. The van der Waals surface area contributed by atoms with E-state index in [-0.39, 0.29) is 24.3 Å². The maximum Gasteiger partial charge on any atom is 0.215 e. The number of aromatic nitrogens is 1. The quantitative estimate of drug-likeness (QED) is 0.849. The Morgan fingerprint density at radius 3 is 2.67 bits per heavy atom. The summed E-state index contributed by atoms with van der Waals surface area (Å²) in [5.41, 5.74) is 7.28. The summed E-state index contributed by atoms with van der Waals surface area (Å²) >= 11 is 0. The molecule has 1 aromatic heterocycles. The summed E-state index contributed by atoms with van der Waals surface area (Å²) in [5.74, 6) is 0.138. The minimum atomic E-state index is -3.42. The lowest BCUT2D eigenvalue weighted by Gasteiger charge is -2.16. The van der Waals surface area contributed by atoms with Gasteiger partial charge in [0.15, 0.2) is 0 Å². The van der Waals surface area contributed by atoms with Crippen LogP contribution in [0.25, 0.3) is 10.9 Å². The van der Waals surface area contributed by atoms with E-state index in [9.17, 15) is 8.42 Å². The van der Waals surface area contributed by atoms with Gasteiger partial charge in [-0.2, -0.15) is 0 Å². The van der Waals surface area contributed by atoms with Crippen LogP contribution in [0.4, 0.5) is 0 Å². The summed E-state index contributed by atoms with van der Waals surface area (Å²) < 4.78 is 26.9. The molecule has 0 bridgehead atoms. The molecule has 0 unspecified atom stereocenters. The molecule has 0 aliphatic heterocycles. The lowest BCUT2D eigenvalue weighted by Crippen LogP contribution is -2.40. The fraction of sp³-hybridized carbons (Fsp3) is 0.400. The van der Waals surface area contributed by atoms with Crippen molar-refractivity contribution < 1.29 is 8.42 Å². The molecule has 2 rings (SSSR count). The average Bonchev–Trinajstić information content (AvgIpc) is 2.45. The minimum absolute atomic E-state index is 0.0911. The van der Waals surface area contributed by atoms with Crippen LogP contribution in [-0.2, 0) is 15.8 Å². The smallest absolute Gasteiger partial charge is 0.215 e. The molecule has 0 radical (unpaired) electrons. The highest BCUT2D eigenvalue weighted by Gasteiger charge is 2.16. The van der Waals surface area contributed by atoms with Crippen molar-refractivity contribution in [3.05, 3.63) is 42.1 Å². The van der Waals surface area contributed by atoms with E-state index in [1.165, 1.54) is 0 Å². The molecule has 3 N–H and O–H groups in total. The SMILES string of the molecule is CC(C)[C@@H](N)CNS(=O)(=O)Cc1cccc2cccnc12. The van der Waals surface area contributed by atoms with Gasteiger partial charge in [0.1, 0.15) is 0 Å². The molecular weight excluding hydrogens is 286 g/mol. The monoisotopic (exact) mass is 307 g/mol. The number of hydrogen-bond donors (Lipinski definition) is 2. The van der Waals surface area contributed by atoms with Crippen LogP contribution in [0.15, 0.2) is 36.5 Å². The van der Waals surface area contributed by atoms with E-state index >= 15 is 0 Å². The minimum Gasteiger partial charge on any atom is -0.326 e. The van der Waals surface area contributed by atoms with Gasteiger partial charge in [0.05, 0.1) is 11.3 Å². The summed E-state index contributed by atoms with van der Waals surface area (Å²) in [7, 11) is -3.42. The highest BCUT2D eigenvalue weighted by atomic mass is 32.2. The molecule has 1 atom stereocenters. The maximum atomic E-state index is 12.2. The summed E-state index contributed by atoms with van der Waals surface area (Å²) in [5, 5.41) is 0.934.